The van der Waals surface area contributed by atoms with Crippen molar-refractivity contribution in [2.24, 2.45) is 0 Å². The molecule has 0 unspecified atom stereocenters. The number of dihydropyridines is 1. The summed E-state index contributed by atoms with van der Waals surface area (Å²) in [4.78, 5) is 25.8. The van der Waals surface area contributed by atoms with Crippen molar-refractivity contribution in [1.82, 2.24) is 5.32 Å². The second-order valence-electron chi connectivity index (χ2n) is 7.86. The number of carbonyl (C=O) groups excluding carboxylic acids is 2. The van der Waals surface area contributed by atoms with Crippen molar-refractivity contribution < 1.29 is 23.5 Å². The van der Waals surface area contributed by atoms with Crippen molar-refractivity contribution in [3.05, 3.63) is 86.4 Å². The summed E-state index contributed by atoms with van der Waals surface area (Å²) in [6.07, 6.45) is 1.93. The predicted octanol–water partition coefficient (Wildman–Crippen LogP) is 5.31. The maximum atomic E-state index is 13.6. The Kier molecular flexibility index (Phi) is 6.46. The number of rotatable bonds is 5. The lowest BCUT2D eigenvalue weighted by Crippen LogP contribution is -2.34. The number of Topliss-reactive ketones (excluding diaryl/α,β-unsaturated/α-hetero) is 1. The summed E-state index contributed by atoms with van der Waals surface area (Å²) in [6, 6.07) is 11.7. The van der Waals surface area contributed by atoms with Crippen molar-refractivity contribution in [1.29, 1.82) is 0 Å². The average Bonchev–Trinajstić information content (AvgIpc) is 2.77. The molecule has 7 heteroatoms. The number of nitrogens with one attached hydrogen (secondary N) is 1. The van der Waals surface area contributed by atoms with Gasteiger partial charge in [-0.2, -0.15) is 0 Å². The van der Waals surface area contributed by atoms with Gasteiger partial charge in [-0.15, -0.1) is 0 Å². The van der Waals surface area contributed by atoms with Crippen molar-refractivity contribution in [3.8, 4) is 5.75 Å². The van der Waals surface area contributed by atoms with Crippen LogP contribution in [0.2, 0.25) is 0 Å². The summed E-state index contributed by atoms with van der Waals surface area (Å²) in [5.74, 6) is -0.931. The second kappa shape index (κ2) is 9.28. The minimum Gasteiger partial charge on any atom is -0.489 e. The fraction of sp³-hybridized carbons (Fsp3) is 0.280. The molecular weight excluding hydrogens is 477 g/mol. The largest absolute Gasteiger partial charge is 0.489 e. The van der Waals surface area contributed by atoms with Crippen LogP contribution in [0, 0.1) is 5.82 Å². The molecule has 2 aromatic rings. The molecule has 0 saturated heterocycles. The molecule has 5 nitrogen and oxygen atoms in total. The lowest BCUT2D eigenvalue weighted by atomic mass is 9.75. The number of carbonyl (C=O) groups is 2. The van der Waals surface area contributed by atoms with Crippen molar-refractivity contribution in [2.75, 3.05) is 7.11 Å². The Morgan fingerprint density at radius 3 is 2.78 bits per heavy atom. The normalized spacial score (nSPS) is 18.2. The van der Waals surface area contributed by atoms with Crippen molar-refractivity contribution in [2.45, 2.75) is 38.7 Å². The number of esters is 1. The highest BCUT2D eigenvalue weighted by Gasteiger charge is 2.40. The standard InChI is InChI=1S/C25H23BrFNO4/c1-14-22(25(30)31-2)23(24-19(28-14)7-4-8-20(24)29)18-12-16(26)9-10-21(18)32-13-15-5-3-6-17(27)11-15/h3,5-6,9-12,23,28H,4,7-8,13H2,1-2H3/t23-/m0/s1. The number of benzene rings is 2. The highest BCUT2D eigenvalue weighted by Crippen LogP contribution is 2.46. The summed E-state index contributed by atoms with van der Waals surface area (Å²) in [5.41, 5.74) is 3.82. The van der Waals surface area contributed by atoms with Crippen LogP contribution in [-0.4, -0.2) is 18.9 Å². The second-order valence-corrected chi connectivity index (χ2v) is 8.77. The van der Waals surface area contributed by atoms with Crippen LogP contribution in [0.25, 0.3) is 0 Å². The molecule has 0 bridgehead atoms. The quantitative estimate of drug-likeness (QED) is 0.564. The third-order valence-corrected chi connectivity index (χ3v) is 6.24. The summed E-state index contributed by atoms with van der Waals surface area (Å²) < 4.78 is 25.5. The van der Waals surface area contributed by atoms with E-state index < -0.39 is 11.9 Å². The number of methoxy groups -OCH3 is 1. The average molecular weight is 500 g/mol. The van der Waals surface area contributed by atoms with Crippen LogP contribution in [-0.2, 0) is 20.9 Å². The van der Waals surface area contributed by atoms with Crippen LogP contribution in [0.5, 0.6) is 5.75 Å². The van der Waals surface area contributed by atoms with Gasteiger partial charge in [-0.25, -0.2) is 9.18 Å². The molecular formula is C25H23BrFNO4. The van der Waals surface area contributed by atoms with Gasteiger partial charge in [-0.1, -0.05) is 28.1 Å². The topological polar surface area (TPSA) is 64.6 Å². The molecule has 2 aromatic carbocycles. The van der Waals surface area contributed by atoms with E-state index in [0.717, 1.165) is 23.0 Å². The van der Waals surface area contributed by atoms with E-state index in [1.54, 1.807) is 18.2 Å². The number of ether oxygens (including phenoxy) is 2. The summed E-state index contributed by atoms with van der Waals surface area (Å²) >= 11 is 3.51. The SMILES string of the molecule is COC(=O)C1=C(C)NC2=C(C(=O)CCC2)[C@H]1c1cc(Br)ccc1OCc1cccc(F)c1. The van der Waals surface area contributed by atoms with Crippen LogP contribution < -0.4 is 10.1 Å². The van der Waals surface area contributed by atoms with Gasteiger partial charge in [-0.05, 0) is 55.7 Å². The summed E-state index contributed by atoms with van der Waals surface area (Å²) in [6.45, 7) is 1.96. The van der Waals surface area contributed by atoms with E-state index >= 15 is 0 Å². The zero-order valence-electron chi connectivity index (χ0n) is 17.8. The van der Waals surface area contributed by atoms with E-state index in [-0.39, 0.29) is 18.2 Å². The minimum absolute atomic E-state index is 0.00806. The fourth-order valence-corrected chi connectivity index (χ4v) is 4.72. The zero-order chi connectivity index (χ0) is 22.8. The first-order valence-electron chi connectivity index (χ1n) is 10.4. The number of hydrogen-bond donors (Lipinski definition) is 1. The van der Waals surface area contributed by atoms with Crippen molar-refractivity contribution >= 4 is 27.7 Å². The molecule has 2 aliphatic rings. The van der Waals surface area contributed by atoms with E-state index in [0.29, 0.717) is 40.1 Å². The first-order valence-corrected chi connectivity index (χ1v) is 11.2. The highest BCUT2D eigenvalue weighted by molar-refractivity contribution is 9.10. The third kappa shape index (κ3) is 4.35. The van der Waals surface area contributed by atoms with Gasteiger partial charge in [0, 0.05) is 33.4 Å². The van der Waals surface area contributed by atoms with E-state index in [2.05, 4.69) is 21.2 Å². The monoisotopic (exact) mass is 499 g/mol. The van der Waals surface area contributed by atoms with E-state index in [9.17, 15) is 14.0 Å². The Balaban J connectivity index is 1.81. The lowest BCUT2D eigenvalue weighted by molar-refractivity contribution is -0.136. The van der Waals surface area contributed by atoms with Crippen LogP contribution in [0.4, 0.5) is 4.39 Å². The van der Waals surface area contributed by atoms with E-state index in [1.807, 2.05) is 19.1 Å². The van der Waals surface area contributed by atoms with Crippen LogP contribution in [0.3, 0.4) is 0 Å². The Morgan fingerprint density at radius 2 is 2.03 bits per heavy atom. The third-order valence-electron chi connectivity index (χ3n) is 5.75. The molecule has 1 aliphatic carbocycles. The molecule has 0 fully saturated rings. The number of hydrogen-bond acceptors (Lipinski definition) is 5. The van der Waals surface area contributed by atoms with Crippen LogP contribution in [0.15, 0.2) is 69.5 Å². The highest BCUT2D eigenvalue weighted by atomic mass is 79.9. The number of halogens is 2. The van der Waals surface area contributed by atoms with Crippen LogP contribution >= 0.6 is 15.9 Å². The zero-order valence-corrected chi connectivity index (χ0v) is 19.4. The van der Waals surface area contributed by atoms with Gasteiger partial charge in [0.1, 0.15) is 18.2 Å². The first-order chi connectivity index (χ1) is 15.4. The summed E-state index contributed by atoms with van der Waals surface area (Å²) in [7, 11) is 1.33. The summed E-state index contributed by atoms with van der Waals surface area (Å²) in [5, 5.41) is 3.26. The van der Waals surface area contributed by atoms with Gasteiger partial charge in [0.05, 0.1) is 18.6 Å². The van der Waals surface area contributed by atoms with Gasteiger partial charge in [-0.3, -0.25) is 4.79 Å². The number of allylic oxidation sites excluding steroid dienone is 3. The van der Waals surface area contributed by atoms with Gasteiger partial charge < -0.3 is 14.8 Å². The Labute approximate surface area is 194 Å². The van der Waals surface area contributed by atoms with Gasteiger partial charge in [0.25, 0.3) is 0 Å². The maximum Gasteiger partial charge on any atom is 0.336 e. The van der Waals surface area contributed by atoms with Gasteiger partial charge >= 0.3 is 5.97 Å². The molecule has 1 N–H and O–H groups in total. The Bertz CT molecular complexity index is 1150. The Morgan fingerprint density at radius 1 is 1.22 bits per heavy atom. The van der Waals surface area contributed by atoms with Gasteiger partial charge in [0.2, 0.25) is 0 Å². The first kappa shape index (κ1) is 22.3. The molecule has 166 valence electrons. The molecule has 1 heterocycles. The van der Waals surface area contributed by atoms with Gasteiger partial charge in [0.15, 0.2) is 5.78 Å². The van der Waals surface area contributed by atoms with Crippen LogP contribution in [0.1, 0.15) is 43.2 Å². The molecule has 0 saturated carbocycles. The molecule has 0 radical (unpaired) electrons. The molecule has 1 atom stereocenters. The van der Waals surface area contributed by atoms with Crippen molar-refractivity contribution in [3.63, 3.8) is 0 Å². The smallest absolute Gasteiger partial charge is 0.336 e. The lowest BCUT2D eigenvalue weighted by Gasteiger charge is -2.34. The van der Waals surface area contributed by atoms with E-state index in [4.69, 9.17) is 9.47 Å². The molecule has 0 spiro atoms. The predicted molar refractivity (Wildman–Crippen MR) is 121 cm³/mol. The molecule has 32 heavy (non-hydrogen) atoms. The Hall–Kier alpha value is -2.93. The van der Waals surface area contributed by atoms with E-state index in [1.165, 1.54) is 19.2 Å². The molecule has 0 aromatic heterocycles. The fourth-order valence-electron chi connectivity index (χ4n) is 4.34. The maximum absolute atomic E-state index is 13.6. The number of ketones is 1. The molecule has 0 amide bonds. The molecule has 4 rings (SSSR count). The minimum atomic E-state index is -0.619. The molecule has 1 aliphatic heterocycles.